The van der Waals surface area contributed by atoms with Gasteiger partial charge in [0.25, 0.3) is 0 Å². The molecule has 10 heteroatoms. The molecule has 0 fully saturated rings. The third-order valence-corrected chi connectivity index (χ3v) is 7.23. The van der Waals surface area contributed by atoms with Crippen molar-refractivity contribution >= 4 is 33.5 Å². The van der Waals surface area contributed by atoms with E-state index in [0.29, 0.717) is 17.1 Å². The Kier molecular flexibility index (Phi) is 9.13. The highest BCUT2D eigenvalue weighted by atomic mass is 32.2. The van der Waals surface area contributed by atoms with E-state index in [1.165, 1.54) is 4.90 Å². The highest BCUT2D eigenvalue weighted by molar-refractivity contribution is 7.91. The van der Waals surface area contributed by atoms with Crippen molar-refractivity contribution in [2.24, 2.45) is 0 Å². The Morgan fingerprint density at radius 1 is 0.865 bits per heavy atom. The van der Waals surface area contributed by atoms with Crippen molar-refractivity contribution in [3.63, 3.8) is 0 Å². The van der Waals surface area contributed by atoms with Gasteiger partial charge in [-0.3, -0.25) is 9.10 Å². The van der Waals surface area contributed by atoms with Gasteiger partial charge in [-0.15, -0.1) is 0 Å². The second kappa shape index (κ2) is 12.3. The van der Waals surface area contributed by atoms with Crippen molar-refractivity contribution in [1.82, 2.24) is 10.0 Å². The lowest BCUT2D eigenvalue weighted by molar-refractivity contribution is -0.120. The number of nitrogens with zero attached hydrogens (tertiary/aromatic N) is 2. The number of carbonyl (C=O) groups excluding carboxylic acids is 2. The summed E-state index contributed by atoms with van der Waals surface area (Å²) in [6, 6.07) is 22.0. The minimum absolute atomic E-state index is 0.167. The number of urea groups is 1. The van der Waals surface area contributed by atoms with Crippen LogP contribution in [0.2, 0.25) is 0 Å². The number of likely N-dealkylation sites (N-methyl/N-ethyl adjacent to an activating group) is 1. The summed E-state index contributed by atoms with van der Waals surface area (Å²) in [7, 11) is -1.12. The SMILES string of the molecule is COc1ccc(N(C)C(=O)[C@H](Cc2ccccc2)NC(=O)NS(=O)(=O)N(c2ccccc2)C(C)C)cc1. The summed E-state index contributed by atoms with van der Waals surface area (Å²) in [5, 5.41) is 2.57. The number of benzene rings is 3. The van der Waals surface area contributed by atoms with Gasteiger partial charge in [0.2, 0.25) is 5.91 Å². The molecule has 0 radical (unpaired) electrons. The molecule has 3 aromatic rings. The van der Waals surface area contributed by atoms with Crippen molar-refractivity contribution in [2.45, 2.75) is 32.4 Å². The molecule has 0 aliphatic rings. The van der Waals surface area contributed by atoms with Crippen LogP contribution in [-0.2, 0) is 21.4 Å². The van der Waals surface area contributed by atoms with Gasteiger partial charge in [-0.1, -0.05) is 48.5 Å². The highest BCUT2D eigenvalue weighted by Gasteiger charge is 2.30. The Hall–Kier alpha value is -4.05. The van der Waals surface area contributed by atoms with E-state index in [1.54, 1.807) is 82.6 Å². The number of nitrogens with one attached hydrogen (secondary N) is 2. The molecule has 3 rings (SSSR count). The smallest absolute Gasteiger partial charge is 0.330 e. The minimum Gasteiger partial charge on any atom is -0.497 e. The maximum Gasteiger partial charge on any atom is 0.330 e. The maximum atomic E-state index is 13.5. The number of para-hydroxylation sites is 1. The zero-order chi connectivity index (χ0) is 27.0. The van der Waals surface area contributed by atoms with Gasteiger partial charge in [-0.2, -0.15) is 8.42 Å². The molecular weight excluding hydrogens is 492 g/mol. The van der Waals surface area contributed by atoms with Crippen LogP contribution in [0.25, 0.3) is 0 Å². The van der Waals surface area contributed by atoms with Gasteiger partial charge >= 0.3 is 16.2 Å². The number of hydrogen-bond acceptors (Lipinski definition) is 5. The zero-order valence-electron chi connectivity index (χ0n) is 21.3. The van der Waals surface area contributed by atoms with Gasteiger partial charge in [0, 0.05) is 25.2 Å². The van der Waals surface area contributed by atoms with Crippen LogP contribution in [0.3, 0.4) is 0 Å². The normalized spacial score (nSPS) is 11.9. The summed E-state index contributed by atoms with van der Waals surface area (Å²) in [6.07, 6.45) is 0.167. The lowest BCUT2D eigenvalue weighted by atomic mass is 10.0. The van der Waals surface area contributed by atoms with Crippen LogP contribution in [0.5, 0.6) is 5.75 Å². The standard InChI is InChI=1S/C27H32N4O5S/c1-20(2)31(23-13-9-6-10-14-23)37(34,35)29-27(33)28-25(19-21-11-7-5-8-12-21)26(32)30(3)22-15-17-24(36-4)18-16-22/h5-18,20,25H,19H2,1-4H3,(H2,28,29,33)/t25-/m0/s1. The van der Waals surface area contributed by atoms with Gasteiger partial charge in [0.1, 0.15) is 11.8 Å². The van der Waals surface area contributed by atoms with Gasteiger partial charge in [-0.05, 0) is 55.8 Å². The molecule has 0 saturated carbocycles. The molecule has 3 aromatic carbocycles. The summed E-state index contributed by atoms with van der Waals surface area (Å²) < 4.78 is 34.7. The van der Waals surface area contributed by atoms with E-state index in [-0.39, 0.29) is 6.42 Å². The number of anilines is 2. The Bertz CT molecular complexity index is 1280. The molecule has 0 aliphatic heterocycles. The number of amides is 3. The van der Waals surface area contributed by atoms with Gasteiger partial charge in [-0.25, -0.2) is 9.52 Å². The largest absolute Gasteiger partial charge is 0.497 e. The first-order valence-electron chi connectivity index (χ1n) is 11.8. The van der Waals surface area contributed by atoms with Gasteiger partial charge in [0.15, 0.2) is 0 Å². The molecule has 0 spiro atoms. The second-order valence-electron chi connectivity index (χ2n) is 8.64. The Morgan fingerprint density at radius 3 is 1.97 bits per heavy atom. The van der Waals surface area contributed by atoms with E-state index in [0.717, 1.165) is 9.87 Å². The molecule has 9 nitrogen and oxygen atoms in total. The minimum atomic E-state index is -4.27. The fraction of sp³-hybridized carbons (Fsp3) is 0.259. The number of hydrogen-bond donors (Lipinski definition) is 2. The van der Waals surface area contributed by atoms with Crippen molar-refractivity contribution < 1.29 is 22.7 Å². The Morgan fingerprint density at radius 2 is 1.43 bits per heavy atom. The summed E-state index contributed by atoms with van der Waals surface area (Å²) in [4.78, 5) is 27.8. The van der Waals surface area contributed by atoms with Crippen LogP contribution in [-0.4, -0.2) is 46.6 Å². The summed E-state index contributed by atoms with van der Waals surface area (Å²) >= 11 is 0. The van der Waals surface area contributed by atoms with Gasteiger partial charge < -0.3 is 15.0 Å². The molecule has 37 heavy (non-hydrogen) atoms. The van der Waals surface area contributed by atoms with Crippen LogP contribution in [0.1, 0.15) is 19.4 Å². The first-order chi connectivity index (χ1) is 17.6. The van der Waals surface area contributed by atoms with Crippen molar-refractivity contribution in [2.75, 3.05) is 23.4 Å². The Balaban J connectivity index is 1.82. The van der Waals surface area contributed by atoms with Crippen molar-refractivity contribution in [3.05, 3.63) is 90.5 Å². The number of methoxy groups -OCH3 is 1. The van der Waals surface area contributed by atoms with Gasteiger partial charge in [0.05, 0.1) is 12.8 Å². The summed E-state index contributed by atoms with van der Waals surface area (Å²) in [5.41, 5.74) is 1.81. The second-order valence-corrected chi connectivity index (χ2v) is 10.2. The molecule has 0 unspecified atom stereocenters. The molecule has 3 amide bonds. The predicted molar refractivity (Wildman–Crippen MR) is 145 cm³/mol. The lowest BCUT2D eigenvalue weighted by Crippen LogP contribution is -2.55. The molecule has 0 aromatic heterocycles. The van der Waals surface area contributed by atoms with E-state index in [2.05, 4.69) is 10.0 Å². The van der Waals surface area contributed by atoms with E-state index in [1.807, 2.05) is 30.3 Å². The van der Waals surface area contributed by atoms with E-state index in [9.17, 15) is 18.0 Å². The maximum absolute atomic E-state index is 13.5. The molecule has 0 bridgehead atoms. The van der Waals surface area contributed by atoms with Crippen molar-refractivity contribution in [1.29, 1.82) is 0 Å². The number of carbonyl (C=O) groups is 2. The van der Waals surface area contributed by atoms with Crippen LogP contribution in [0, 0.1) is 0 Å². The highest BCUT2D eigenvalue weighted by Crippen LogP contribution is 2.21. The van der Waals surface area contributed by atoms with Crippen LogP contribution in [0.4, 0.5) is 16.2 Å². The average Bonchev–Trinajstić information content (AvgIpc) is 2.88. The topological polar surface area (TPSA) is 108 Å². The fourth-order valence-electron chi connectivity index (χ4n) is 3.86. The van der Waals surface area contributed by atoms with Crippen molar-refractivity contribution in [3.8, 4) is 5.75 Å². The third-order valence-electron chi connectivity index (χ3n) is 5.64. The zero-order valence-corrected chi connectivity index (χ0v) is 22.1. The molecular formula is C27H32N4O5S. The molecule has 0 heterocycles. The summed E-state index contributed by atoms with van der Waals surface area (Å²) in [5.74, 6) is 0.228. The number of rotatable bonds is 10. The summed E-state index contributed by atoms with van der Waals surface area (Å²) in [6.45, 7) is 3.41. The molecule has 0 aliphatic carbocycles. The quantitative estimate of drug-likeness (QED) is 0.420. The fourth-order valence-corrected chi connectivity index (χ4v) is 5.21. The Labute approximate surface area is 218 Å². The van der Waals surface area contributed by atoms with E-state index < -0.39 is 34.2 Å². The average molecular weight is 525 g/mol. The van der Waals surface area contributed by atoms with Crippen LogP contribution < -0.4 is 24.0 Å². The van der Waals surface area contributed by atoms with Crippen LogP contribution in [0.15, 0.2) is 84.9 Å². The monoisotopic (exact) mass is 524 g/mol. The molecule has 0 saturated heterocycles. The molecule has 1 atom stereocenters. The first-order valence-corrected chi connectivity index (χ1v) is 13.2. The lowest BCUT2D eigenvalue weighted by Gasteiger charge is -2.29. The third kappa shape index (κ3) is 7.23. The molecule has 196 valence electrons. The van der Waals surface area contributed by atoms with Crippen LogP contribution >= 0.6 is 0 Å². The van der Waals surface area contributed by atoms with E-state index >= 15 is 0 Å². The predicted octanol–water partition coefficient (Wildman–Crippen LogP) is 3.73. The first kappa shape index (κ1) is 27.5. The molecule has 2 N–H and O–H groups in total. The van der Waals surface area contributed by atoms with E-state index in [4.69, 9.17) is 4.74 Å². The number of ether oxygens (including phenoxy) is 1.